The number of halogens is 2. The van der Waals surface area contributed by atoms with Crippen LogP contribution in [0.4, 0.5) is 15.8 Å². The Morgan fingerprint density at radius 1 is 1.09 bits per heavy atom. The fraction of sp³-hybridized carbons (Fsp3) is 0.115. The maximum atomic E-state index is 14.1. The average molecular weight is 446 g/mol. The fourth-order valence-corrected chi connectivity index (χ4v) is 3.93. The van der Waals surface area contributed by atoms with Crippen molar-refractivity contribution >= 4 is 39.7 Å². The van der Waals surface area contributed by atoms with E-state index in [0.717, 1.165) is 29.5 Å². The third kappa shape index (κ3) is 3.80. The first-order valence-corrected chi connectivity index (χ1v) is 10.6. The number of benzene rings is 3. The fourth-order valence-electron chi connectivity index (χ4n) is 3.72. The lowest BCUT2D eigenvalue weighted by Gasteiger charge is -2.15. The summed E-state index contributed by atoms with van der Waals surface area (Å²) >= 11 is 5.98. The molecule has 1 aliphatic rings. The van der Waals surface area contributed by atoms with Crippen LogP contribution >= 0.6 is 11.6 Å². The van der Waals surface area contributed by atoms with Crippen molar-refractivity contribution in [3.05, 3.63) is 89.7 Å². The molecule has 0 atom stereocenters. The maximum Gasteiger partial charge on any atom is 0.170 e. The molecule has 0 aliphatic heterocycles. The van der Waals surface area contributed by atoms with Gasteiger partial charge in [0, 0.05) is 23.2 Å². The number of Topliss-reactive ketones (excluding diaryl/α,β-unsaturated/α-hetero) is 1. The number of ketones is 1. The highest BCUT2D eigenvalue weighted by Crippen LogP contribution is 2.39. The summed E-state index contributed by atoms with van der Waals surface area (Å²) in [5.74, 6) is -1.27. The van der Waals surface area contributed by atoms with Gasteiger partial charge < -0.3 is 10.4 Å². The molecule has 4 aromatic rings. The van der Waals surface area contributed by atoms with E-state index in [4.69, 9.17) is 11.6 Å². The zero-order valence-electron chi connectivity index (χ0n) is 17.0. The molecule has 3 aromatic carbocycles. The summed E-state index contributed by atoms with van der Waals surface area (Å²) in [4.78, 5) is 17.5. The molecular formula is C26H19ClFN2O2. The second-order valence-electron chi connectivity index (χ2n) is 8.03. The first-order chi connectivity index (χ1) is 15.4. The number of fused-ring (bicyclic) bond motifs is 1. The molecule has 32 heavy (non-hydrogen) atoms. The highest BCUT2D eigenvalue weighted by atomic mass is 35.5. The lowest BCUT2D eigenvalue weighted by molar-refractivity contribution is 0.0968. The molecule has 4 nitrogen and oxygen atoms in total. The number of aromatic hydroxyl groups is 1. The second-order valence-corrected chi connectivity index (χ2v) is 8.43. The zero-order chi connectivity index (χ0) is 22.4. The van der Waals surface area contributed by atoms with Gasteiger partial charge in [0.15, 0.2) is 17.3 Å². The molecule has 0 saturated heterocycles. The quantitative estimate of drug-likeness (QED) is 0.327. The monoisotopic (exact) mass is 445 g/mol. The summed E-state index contributed by atoms with van der Waals surface area (Å²) in [5.41, 5.74) is 4.80. The van der Waals surface area contributed by atoms with Crippen molar-refractivity contribution in [3.8, 4) is 16.9 Å². The van der Waals surface area contributed by atoms with Gasteiger partial charge in [-0.1, -0.05) is 29.8 Å². The van der Waals surface area contributed by atoms with E-state index in [1.165, 1.54) is 12.1 Å². The third-order valence-electron chi connectivity index (χ3n) is 5.66. The predicted octanol–water partition coefficient (Wildman–Crippen LogP) is 6.92. The zero-order valence-corrected chi connectivity index (χ0v) is 17.8. The molecule has 1 heterocycles. The van der Waals surface area contributed by atoms with E-state index in [9.17, 15) is 14.3 Å². The number of phenolic OH excluding ortho intramolecular Hbond substituents is 1. The van der Waals surface area contributed by atoms with Crippen LogP contribution in [0, 0.1) is 18.7 Å². The number of carbonyl (C=O) groups is 1. The Kier molecular flexibility index (Phi) is 5.06. The molecular weight excluding hydrogens is 427 g/mol. The highest BCUT2D eigenvalue weighted by Gasteiger charge is 2.32. The van der Waals surface area contributed by atoms with E-state index in [-0.39, 0.29) is 16.7 Å². The number of rotatable bonds is 5. The lowest BCUT2D eigenvalue weighted by Crippen LogP contribution is -2.07. The van der Waals surface area contributed by atoms with Crippen molar-refractivity contribution in [2.75, 3.05) is 5.32 Å². The van der Waals surface area contributed by atoms with Gasteiger partial charge in [0.25, 0.3) is 0 Å². The number of nitrogens with one attached hydrogen (secondary N) is 1. The topological polar surface area (TPSA) is 62.2 Å². The molecule has 1 aliphatic carbocycles. The summed E-state index contributed by atoms with van der Waals surface area (Å²) in [6.07, 6.45) is 3.40. The maximum absolute atomic E-state index is 14.1. The number of hydrogen-bond acceptors (Lipinski definition) is 4. The van der Waals surface area contributed by atoms with Crippen LogP contribution < -0.4 is 5.32 Å². The highest BCUT2D eigenvalue weighted by molar-refractivity contribution is 6.32. The molecule has 0 bridgehead atoms. The van der Waals surface area contributed by atoms with Gasteiger partial charge in [0.2, 0.25) is 0 Å². The molecule has 5 rings (SSSR count). The van der Waals surface area contributed by atoms with E-state index < -0.39 is 11.6 Å². The van der Waals surface area contributed by atoms with Crippen molar-refractivity contribution in [2.24, 2.45) is 5.92 Å². The van der Waals surface area contributed by atoms with Crippen molar-refractivity contribution in [1.29, 1.82) is 0 Å². The Balaban J connectivity index is 1.69. The van der Waals surface area contributed by atoms with Gasteiger partial charge in [-0.25, -0.2) is 4.39 Å². The van der Waals surface area contributed by atoms with Gasteiger partial charge in [0.05, 0.1) is 21.8 Å². The summed E-state index contributed by atoms with van der Waals surface area (Å²) < 4.78 is 14.1. The Morgan fingerprint density at radius 2 is 1.84 bits per heavy atom. The minimum absolute atomic E-state index is 0.0326. The second kappa shape index (κ2) is 7.92. The van der Waals surface area contributed by atoms with Crippen LogP contribution in [0.3, 0.4) is 0 Å². The smallest absolute Gasteiger partial charge is 0.170 e. The molecule has 2 N–H and O–H groups in total. The molecule has 0 spiro atoms. The Bertz CT molecular complexity index is 1340. The first kappa shape index (κ1) is 20.5. The van der Waals surface area contributed by atoms with E-state index in [0.29, 0.717) is 27.9 Å². The largest absolute Gasteiger partial charge is 0.504 e. The number of pyridine rings is 1. The standard InChI is InChI=1S/C26H19ClFN2O2/c1-14-2-7-18(8-3-14)30-24-19-10-16(17-11-21(27)26(32)22(28)12-17)6-9-23(19)29-13-20(24)25(31)15-4-5-15/h2-3,6-13,15,32H,1,4-5H2,(H,29,30). The molecule has 159 valence electrons. The van der Waals surface area contributed by atoms with Crippen LogP contribution in [-0.4, -0.2) is 15.9 Å². The Labute approximate surface area is 189 Å². The third-order valence-corrected chi connectivity index (χ3v) is 5.94. The van der Waals surface area contributed by atoms with Crippen LogP contribution in [-0.2, 0) is 0 Å². The van der Waals surface area contributed by atoms with E-state index in [1.807, 2.05) is 36.4 Å². The molecule has 1 fully saturated rings. The van der Waals surface area contributed by atoms with Gasteiger partial charge in [-0.05, 0) is 72.9 Å². The molecule has 1 radical (unpaired) electrons. The number of hydrogen-bond donors (Lipinski definition) is 2. The van der Waals surface area contributed by atoms with Crippen molar-refractivity contribution in [3.63, 3.8) is 0 Å². The van der Waals surface area contributed by atoms with Crippen LogP contribution in [0.2, 0.25) is 5.02 Å². The molecule has 1 aromatic heterocycles. The van der Waals surface area contributed by atoms with Crippen LogP contribution in [0.25, 0.3) is 22.0 Å². The number of aromatic nitrogens is 1. The Morgan fingerprint density at radius 3 is 2.53 bits per heavy atom. The number of anilines is 2. The summed E-state index contributed by atoms with van der Waals surface area (Å²) in [6.45, 7) is 3.91. The SMILES string of the molecule is [CH2]c1ccc(Nc2c(C(=O)C3CC3)cnc3ccc(-c4cc(F)c(O)c(Cl)c4)cc23)cc1. The van der Waals surface area contributed by atoms with Crippen molar-refractivity contribution in [2.45, 2.75) is 12.8 Å². The van der Waals surface area contributed by atoms with Gasteiger partial charge >= 0.3 is 0 Å². The van der Waals surface area contributed by atoms with Crippen LogP contribution in [0.15, 0.2) is 60.8 Å². The molecule has 0 amide bonds. The van der Waals surface area contributed by atoms with E-state index in [2.05, 4.69) is 17.2 Å². The minimum Gasteiger partial charge on any atom is -0.504 e. The molecule has 1 saturated carbocycles. The van der Waals surface area contributed by atoms with E-state index >= 15 is 0 Å². The summed E-state index contributed by atoms with van der Waals surface area (Å²) in [6, 6.07) is 15.8. The Hall–Kier alpha value is -3.44. The van der Waals surface area contributed by atoms with Crippen LogP contribution in [0.5, 0.6) is 5.75 Å². The first-order valence-electron chi connectivity index (χ1n) is 10.2. The number of nitrogens with zero attached hydrogens (tertiary/aromatic N) is 1. The normalized spacial score (nSPS) is 13.3. The minimum atomic E-state index is -0.796. The lowest BCUT2D eigenvalue weighted by atomic mass is 9.98. The number of phenols is 1. The van der Waals surface area contributed by atoms with Gasteiger partial charge in [-0.2, -0.15) is 0 Å². The van der Waals surface area contributed by atoms with Gasteiger partial charge in [-0.15, -0.1) is 0 Å². The summed E-state index contributed by atoms with van der Waals surface area (Å²) in [5, 5.41) is 13.7. The van der Waals surface area contributed by atoms with Crippen molar-refractivity contribution in [1.82, 2.24) is 4.98 Å². The van der Waals surface area contributed by atoms with Gasteiger partial charge in [0.1, 0.15) is 0 Å². The summed E-state index contributed by atoms with van der Waals surface area (Å²) in [7, 11) is 0. The van der Waals surface area contributed by atoms with Crippen LogP contribution in [0.1, 0.15) is 28.8 Å². The number of carbonyl (C=O) groups excluding carboxylic acids is 1. The molecule has 6 heteroatoms. The van der Waals surface area contributed by atoms with E-state index in [1.54, 1.807) is 12.3 Å². The average Bonchev–Trinajstić information content (AvgIpc) is 3.63. The van der Waals surface area contributed by atoms with Crippen molar-refractivity contribution < 1.29 is 14.3 Å². The van der Waals surface area contributed by atoms with Gasteiger partial charge in [-0.3, -0.25) is 9.78 Å². The molecule has 0 unspecified atom stereocenters. The predicted molar refractivity (Wildman–Crippen MR) is 125 cm³/mol.